The second-order valence-corrected chi connectivity index (χ2v) is 8.79. The van der Waals surface area contributed by atoms with Gasteiger partial charge in [0.1, 0.15) is 5.82 Å². The first-order valence-electron chi connectivity index (χ1n) is 10.6. The number of carbonyl (C=O) groups excluding carboxylic acids is 1. The number of aromatic nitrogens is 5. The van der Waals surface area contributed by atoms with E-state index in [0.717, 1.165) is 47.1 Å². The minimum absolute atomic E-state index is 0.0176. The average Bonchev–Trinajstić information content (AvgIpc) is 3.66. The molecular formula is C21H21F3N6O. The Bertz CT molecular complexity index is 1200. The van der Waals surface area contributed by atoms with Gasteiger partial charge in [-0.25, -0.2) is 9.67 Å². The molecule has 1 amide bonds. The number of amides is 1. The molecule has 162 valence electrons. The predicted octanol–water partition coefficient (Wildman–Crippen LogP) is 4.07. The highest BCUT2D eigenvalue weighted by atomic mass is 19.4. The van der Waals surface area contributed by atoms with E-state index < -0.39 is 12.2 Å². The van der Waals surface area contributed by atoms with E-state index in [9.17, 15) is 18.0 Å². The van der Waals surface area contributed by atoms with Gasteiger partial charge >= 0.3 is 6.18 Å². The van der Waals surface area contributed by atoms with Gasteiger partial charge < -0.3 is 0 Å². The molecule has 1 aliphatic heterocycles. The van der Waals surface area contributed by atoms with Gasteiger partial charge in [0.25, 0.3) is 5.91 Å². The van der Waals surface area contributed by atoms with Crippen LogP contribution in [0.25, 0.3) is 11.0 Å². The fraction of sp³-hybridized carbons (Fsp3) is 0.524. The Hall–Kier alpha value is -2.91. The molecule has 3 aromatic heterocycles. The number of aryl methyl sites for hydroxylation is 1. The zero-order chi connectivity index (χ0) is 21.5. The summed E-state index contributed by atoms with van der Waals surface area (Å²) in [7, 11) is 1.83. The quantitative estimate of drug-likeness (QED) is 0.628. The largest absolute Gasteiger partial charge is 0.410 e. The van der Waals surface area contributed by atoms with Crippen molar-refractivity contribution in [2.45, 2.75) is 56.2 Å². The van der Waals surface area contributed by atoms with Gasteiger partial charge in [-0.2, -0.15) is 23.4 Å². The third kappa shape index (κ3) is 2.95. The van der Waals surface area contributed by atoms with Crippen molar-refractivity contribution in [3.8, 4) is 0 Å². The van der Waals surface area contributed by atoms with E-state index >= 15 is 0 Å². The molecule has 7 nitrogen and oxygen atoms in total. The van der Waals surface area contributed by atoms with Crippen molar-refractivity contribution in [1.29, 1.82) is 0 Å². The van der Waals surface area contributed by atoms with E-state index in [1.165, 1.54) is 17.2 Å². The number of fused-ring (bicyclic) bond motifs is 2. The van der Waals surface area contributed by atoms with Crippen LogP contribution in [0, 0.1) is 0 Å². The highest BCUT2D eigenvalue weighted by Gasteiger charge is 2.46. The highest BCUT2D eigenvalue weighted by Crippen LogP contribution is 2.46. The SMILES string of the molecule is Cn1nc(C2CC2)c2c(C(=O)N3CC[C@@H](C(F)(F)F)n4nccc43)cc(C3CC3)nc21. The van der Waals surface area contributed by atoms with E-state index in [2.05, 4.69) is 10.2 Å². The fourth-order valence-electron chi connectivity index (χ4n) is 4.60. The zero-order valence-corrected chi connectivity index (χ0v) is 16.9. The lowest BCUT2D eigenvalue weighted by Gasteiger charge is -2.34. The summed E-state index contributed by atoms with van der Waals surface area (Å²) in [6.07, 6.45) is 0.781. The maximum Gasteiger partial charge on any atom is 0.410 e. The van der Waals surface area contributed by atoms with E-state index in [1.54, 1.807) is 4.68 Å². The first-order chi connectivity index (χ1) is 14.8. The molecule has 10 heteroatoms. The highest BCUT2D eigenvalue weighted by molar-refractivity contribution is 6.14. The smallest absolute Gasteiger partial charge is 0.293 e. The zero-order valence-electron chi connectivity index (χ0n) is 16.9. The molecule has 0 saturated heterocycles. The third-order valence-electron chi connectivity index (χ3n) is 6.50. The Kier molecular flexibility index (Phi) is 3.83. The first kappa shape index (κ1) is 18.8. The van der Waals surface area contributed by atoms with Crippen LogP contribution in [-0.2, 0) is 7.05 Å². The number of anilines is 1. The monoisotopic (exact) mass is 430 g/mol. The molecule has 0 radical (unpaired) electrons. The molecule has 31 heavy (non-hydrogen) atoms. The lowest BCUT2D eigenvalue weighted by molar-refractivity contribution is -0.172. The summed E-state index contributed by atoms with van der Waals surface area (Å²) >= 11 is 0. The second kappa shape index (κ2) is 6.30. The molecule has 6 rings (SSSR count). The van der Waals surface area contributed by atoms with E-state index in [-0.39, 0.29) is 24.7 Å². The molecule has 2 saturated carbocycles. The van der Waals surface area contributed by atoms with E-state index in [0.29, 0.717) is 23.0 Å². The molecule has 2 aliphatic carbocycles. The van der Waals surface area contributed by atoms with Gasteiger partial charge in [-0.05, 0) is 38.2 Å². The Morgan fingerprint density at radius 2 is 1.87 bits per heavy atom. The number of halogens is 3. The summed E-state index contributed by atoms with van der Waals surface area (Å²) in [6.45, 7) is -0.0176. The Balaban J connectivity index is 1.48. The van der Waals surface area contributed by atoms with Gasteiger partial charge in [-0.1, -0.05) is 0 Å². The van der Waals surface area contributed by atoms with Crippen LogP contribution in [0.3, 0.4) is 0 Å². The number of pyridine rings is 1. The molecular weight excluding hydrogens is 409 g/mol. The van der Waals surface area contributed by atoms with Gasteiger partial charge in [0.15, 0.2) is 11.7 Å². The molecule has 0 N–H and O–H groups in total. The number of hydrogen-bond acceptors (Lipinski definition) is 4. The van der Waals surface area contributed by atoms with Crippen LogP contribution in [-0.4, -0.2) is 43.2 Å². The number of hydrogen-bond donors (Lipinski definition) is 0. The summed E-state index contributed by atoms with van der Waals surface area (Å²) in [5.41, 5.74) is 2.89. The van der Waals surface area contributed by atoms with Crippen molar-refractivity contribution >= 4 is 22.8 Å². The van der Waals surface area contributed by atoms with Gasteiger partial charge in [-0.3, -0.25) is 14.4 Å². The summed E-state index contributed by atoms with van der Waals surface area (Å²) in [5.74, 6) is 0.502. The van der Waals surface area contributed by atoms with Crippen LogP contribution in [0.2, 0.25) is 0 Å². The molecule has 0 bridgehead atoms. The van der Waals surface area contributed by atoms with E-state index in [4.69, 9.17) is 4.98 Å². The van der Waals surface area contributed by atoms with Gasteiger partial charge in [0, 0.05) is 37.2 Å². The van der Waals surface area contributed by atoms with Gasteiger partial charge in [0.2, 0.25) is 0 Å². The van der Waals surface area contributed by atoms with E-state index in [1.807, 2.05) is 13.1 Å². The topological polar surface area (TPSA) is 68.8 Å². The van der Waals surface area contributed by atoms with Crippen LogP contribution in [0.4, 0.5) is 19.0 Å². The third-order valence-corrected chi connectivity index (χ3v) is 6.50. The number of rotatable bonds is 3. The van der Waals surface area contributed by atoms with Gasteiger partial charge in [0.05, 0.1) is 22.8 Å². The molecule has 4 heterocycles. The lowest BCUT2D eigenvalue weighted by Crippen LogP contribution is -2.43. The molecule has 1 atom stereocenters. The number of carbonyl (C=O) groups is 1. The van der Waals surface area contributed by atoms with Crippen molar-refractivity contribution < 1.29 is 18.0 Å². The van der Waals surface area contributed by atoms with Crippen molar-refractivity contribution in [2.24, 2.45) is 7.05 Å². The molecule has 0 aromatic carbocycles. The van der Waals surface area contributed by atoms with Crippen LogP contribution in [0.5, 0.6) is 0 Å². The van der Waals surface area contributed by atoms with Crippen LogP contribution < -0.4 is 4.90 Å². The first-order valence-corrected chi connectivity index (χ1v) is 10.6. The predicted molar refractivity (Wildman–Crippen MR) is 106 cm³/mol. The number of alkyl halides is 3. The summed E-state index contributed by atoms with van der Waals surface area (Å²) in [5, 5.41) is 9.28. The van der Waals surface area contributed by atoms with Crippen LogP contribution in [0.15, 0.2) is 18.3 Å². The Labute approximate surface area is 175 Å². The maximum atomic E-state index is 13.8. The maximum absolute atomic E-state index is 13.8. The second-order valence-electron chi connectivity index (χ2n) is 8.79. The Morgan fingerprint density at radius 1 is 1.13 bits per heavy atom. The average molecular weight is 430 g/mol. The lowest BCUT2D eigenvalue weighted by atomic mass is 10.0. The molecule has 3 aromatic rings. The standard InChI is InChI=1S/C21H21F3N6O/c1-28-19-17(18(27-28)12-4-5-12)13(10-14(26-19)11-2-3-11)20(31)29-9-7-15(21(22,23)24)30-16(29)6-8-25-30/h6,8,10-12,15H,2-5,7,9H2,1H3/t15-/m0/s1. The molecule has 0 spiro atoms. The Morgan fingerprint density at radius 3 is 2.55 bits per heavy atom. The molecule has 2 fully saturated rings. The summed E-state index contributed by atoms with van der Waals surface area (Å²) in [6, 6.07) is 1.59. The van der Waals surface area contributed by atoms with Gasteiger partial charge in [-0.15, -0.1) is 0 Å². The normalized spacial score (nSPS) is 21.5. The number of nitrogens with zero attached hydrogens (tertiary/aromatic N) is 6. The van der Waals surface area contributed by atoms with Crippen molar-refractivity contribution in [1.82, 2.24) is 24.5 Å². The van der Waals surface area contributed by atoms with Crippen molar-refractivity contribution in [2.75, 3.05) is 11.4 Å². The molecule has 3 aliphatic rings. The van der Waals surface area contributed by atoms with Crippen LogP contribution in [0.1, 0.15) is 71.7 Å². The molecule has 0 unspecified atom stereocenters. The summed E-state index contributed by atoms with van der Waals surface area (Å²) in [4.78, 5) is 20.0. The van der Waals surface area contributed by atoms with Crippen LogP contribution >= 0.6 is 0 Å². The minimum atomic E-state index is -4.42. The minimum Gasteiger partial charge on any atom is -0.293 e. The summed E-state index contributed by atoms with van der Waals surface area (Å²) < 4.78 is 43.1. The van der Waals surface area contributed by atoms with Crippen molar-refractivity contribution in [3.63, 3.8) is 0 Å². The van der Waals surface area contributed by atoms with Crippen molar-refractivity contribution in [3.05, 3.63) is 35.3 Å². The fourth-order valence-corrected chi connectivity index (χ4v) is 4.60.